The zero-order valence-corrected chi connectivity index (χ0v) is 23.5. The van der Waals surface area contributed by atoms with Crippen molar-refractivity contribution in [3.05, 3.63) is 23.8 Å². The van der Waals surface area contributed by atoms with E-state index in [4.69, 9.17) is 29.4 Å². The van der Waals surface area contributed by atoms with Gasteiger partial charge in [0.25, 0.3) is 0 Å². The second kappa shape index (κ2) is 12.9. The summed E-state index contributed by atoms with van der Waals surface area (Å²) < 4.78 is 26.4. The monoisotopic (exact) mass is 523 g/mol. The van der Waals surface area contributed by atoms with Crippen molar-refractivity contribution in [3.8, 4) is 11.5 Å². The molecule has 0 aromatic heterocycles. The molecule has 0 unspecified atom stereocenters. The highest BCUT2D eigenvalue weighted by Gasteiger charge is 2.29. The van der Waals surface area contributed by atoms with E-state index in [1.54, 1.807) is 75.3 Å². The number of rotatable bonds is 9. The van der Waals surface area contributed by atoms with Crippen molar-refractivity contribution < 1.29 is 42.9 Å². The van der Waals surface area contributed by atoms with Gasteiger partial charge in [0.05, 0.1) is 16.9 Å². The van der Waals surface area contributed by atoms with Gasteiger partial charge in [-0.1, -0.05) is 6.07 Å². The zero-order chi connectivity index (χ0) is 28.7. The number of nitrogens with two attached hydrogens (primary N) is 1. The molecule has 2 N–H and O–H groups in total. The van der Waals surface area contributed by atoms with Crippen molar-refractivity contribution in [2.24, 2.45) is 16.6 Å². The molecule has 1 aromatic rings. The molecule has 208 valence electrons. The van der Waals surface area contributed by atoms with Crippen LogP contribution in [0.3, 0.4) is 0 Å². The van der Waals surface area contributed by atoms with E-state index in [-0.39, 0.29) is 24.0 Å². The van der Waals surface area contributed by atoms with E-state index in [2.05, 4.69) is 0 Å². The maximum Gasteiger partial charge on any atom is 0.508 e. The molecule has 0 aliphatic carbocycles. The van der Waals surface area contributed by atoms with Crippen LogP contribution in [0, 0.1) is 10.8 Å². The SMILES string of the molecule is CC(C)OC(=O)O[C@@H](C)[C@H](C)OC(=O)[C@@H](N)Cc1ccc(OC(=O)C(C)(C)C)c(OC(=O)C(C)(C)C)c1. The summed E-state index contributed by atoms with van der Waals surface area (Å²) >= 11 is 0. The van der Waals surface area contributed by atoms with E-state index in [9.17, 15) is 19.2 Å². The highest BCUT2D eigenvalue weighted by Crippen LogP contribution is 2.33. The van der Waals surface area contributed by atoms with Crippen LogP contribution in [-0.2, 0) is 35.0 Å². The quantitative estimate of drug-likeness (QED) is 0.367. The molecule has 37 heavy (non-hydrogen) atoms. The predicted molar refractivity (Wildman–Crippen MR) is 136 cm³/mol. The Morgan fingerprint density at radius 1 is 0.757 bits per heavy atom. The average Bonchev–Trinajstić information content (AvgIpc) is 2.73. The second-order valence-corrected chi connectivity index (χ2v) is 11.3. The third-order valence-corrected chi connectivity index (χ3v) is 4.97. The Balaban J connectivity index is 2.99. The molecule has 0 heterocycles. The summed E-state index contributed by atoms with van der Waals surface area (Å²) in [6.45, 7) is 16.7. The molecule has 3 atom stereocenters. The van der Waals surface area contributed by atoms with Crippen molar-refractivity contribution in [1.29, 1.82) is 0 Å². The minimum Gasteiger partial charge on any atom is -0.458 e. The van der Waals surface area contributed by atoms with E-state index >= 15 is 0 Å². The van der Waals surface area contributed by atoms with Gasteiger partial charge in [-0.25, -0.2) is 4.79 Å². The van der Waals surface area contributed by atoms with Crippen LogP contribution in [0.2, 0.25) is 0 Å². The first-order chi connectivity index (χ1) is 16.8. The van der Waals surface area contributed by atoms with Crippen LogP contribution in [0.15, 0.2) is 18.2 Å². The maximum absolute atomic E-state index is 12.6. The second-order valence-electron chi connectivity index (χ2n) is 11.3. The van der Waals surface area contributed by atoms with Crippen molar-refractivity contribution in [2.75, 3.05) is 0 Å². The third kappa shape index (κ3) is 10.8. The Bertz CT molecular complexity index is 973. The van der Waals surface area contributed by atoms with Crippen molar-refractivity contribution >= 4 is 24.1 Å². The molecule has 0 amide bonds. The molecule has 10 nitrogen and oxygen atoms in total. The van der Waals surface area contributed by atoms with Gasteiger partial charge in [0, 0.05) is 0 Å². The van der Waals surface area contributed by atoms with Crippen LogP contribution in [-0.4, -0.2) is 48.4 Å². The summed E-state index contributed by atoms with van der Waals surface area (Å²) in [6.07, 6.45) is -2.70. The lowest BCUT2D eigenvalue weighted by molar-refractivity contribution is -0.155. The van der Waals surface area contributed by atoms with Crippen molar-refractivity contribution in [3.63, 3.8) is 0 Å². The Morgan fingerprint density at radius 3 is 1.73 bits per heavy atom. The average molecular weight is 524 g/mol. The van der Waals surface area contributed by atoms with Crippen LogP contribution < -0.4 is 15.2 Å². The number of carbonyl (C=O) groups is 4. The van der Waals surface area contributed by atoms with E-state index in [0.29, 0.717) is 5.56 Å². The molecule has 0 saturated carbocycles. The predicted octanol–water partition coefficient (Wildman–Crippen LogP) is 4.34. The van der Waals surface area contributed by atoms with Gasteiger partial charge in [-0.2, -0.15) is 0 Å². The lowest BCUT2D eigenvalue weighted by Gasteiger charge is -2.23. The fraction of sp³-hybridized carbons (Fsp3) is 0.630. The first-order valence-corrected chi connectivity index (χ1v) is 12.2. The molecule has 0 bridgehead atoms. The molecule has 0 spiro atoms. The summed E-state index contributed by atoms with van der Waals surface area (Å²) in [5.41, 5.74) is 5.03. The minimum absolute atomic E-state index is 0.0367. The van der Waals surface area contributed by atoms with Crippen molar-refractivity contribution in [2.45, 2.75) is 100 Å². The van der Waals surface area contributed by atoms with Crippen LogP contribution >= 0.6 is 0 Å². The number of benzene rings is 1. The zero-order valence-electron chi connectivity index (χ0n) is 23.5. The van der Waals surface area contributed by atoms with Crippen molar-refractivity contribution in [1.82, 2.24) is 0 Å². The molecule has 0 saturated heterocycles. The van der Waals surface area contributed by atoms with Crippen LogP contribution in [0.4, 0.5) is 4.79 Å². The van der Waals surface area contributed by atoms with Gasteiger partial charge in [0.1, 0.15) is 18.2 Å². The minimum atomic E-state index is -1.06. The standard InChI is InChI=1S/C27H41NO9/c1-15(2)33-25(32)35-17(4)16(3)34-22(29)19(28)13-18-11-12-20(36-23(30)26(5,6)7)21(14-18)37-24(31)27(8,9)10/h11-12,14-17,19H,13,28H2,1-10H3/t16-,17-,19-/m0/s1. The summed E-state index contributed by atoms with van der Waals surface area (Å²) in [4.78, 5) is 49.2. The van der Waals surface area contributed by atoms with Gasteiger partial charge in [-0.15, -0.1) is 0 Å². The van der Waals surface area contributed by atoms with Gasteiger partial charge in [0.15, 0.2) is 11.5 Å². The largest absolute Gasteiger partial charge is 0.508 e. The van der Waals surface area contributed by atoms with Gasteiger partial charge < -0.3 is 29.4 Å². The smallest absolute Gasteiger partial charge is 0.458 e. The summed E-state index contributed by atoms with van der Waals surface area (Å²) in [7, 11) is 0. The number of esters is 3. The summed E-state index contributed by atoms with van der Waals surface area (Å²) in [5, 5.41) is 0. The summed E-state index contributed by atoms with van der Waals surface area (Å²) in [6, 6.07) is 3.54. The highest BCUT2D eigenvalue weighted by molar-refractivity contribution is 5.81. The van der Waals surface area contributed by atoms with Crippen LogP contribution in [0.25, 0.3) is 0 Å². The number of carbonyl (C=O) groups excluding carboxylic acids is 4. The topological polar surface area (TPSA) is 140 Å². The molecule has 1 rings (SSSR count). The van der Waals surface area contributed by atoms with Gasteiger partial charge in [-0.05, 0) is 93.4 Å². The third-order valence-electron chi connectivity index (χ3n) is 4.97. The highest BCUT2D eigenvalue weighted by atomic mass is 16.7. The number of hydrogen-bond donors (Lipinski definition) is 1. The van der Waals surface area contributed by atoms with Gasteiger partial charge >= 0.3 is 24.1 Å². The maximum atomic E-state index is 12.6. The Kier molecular flexibility index (Phi) is 11.1. The molecular weight excluding hydrogens is 482 g/mol. The lowest BCUT2D eigenvalue weighted by Crippen LogP contribution is -2.39. The van der Waals surface area contributed by atoms with E-state index in [1.807, 2.05) is 0 Å². The van der Waals surface area contributed by atoms with Gasteiger partial charge in [-0.3, -0.25) is 14.4 Å². The van der Waals surface area contributed by atoms with E-state index in [1.165, 1.54) is 12.1 Å². The molecule has 0 radical (unpaired) electrons. The van der Waals surface area contributed by atoms with Crippen LogP contribution in [0.1, 0.15) is 74.8 Å². The van der Waals surface area contributed by atoms with E-state index in [0.717, 1.165) is 0 Å². The fourth-order valence-electron chi connectivity index (χ4n) is 2.52. The molecule has 0 fully saturated rings. The van der Waals surface area contributed by atoms with E-state index < -0.39 is 53.1 Å². The molecule has 0 aliphatic heterocycles. The number of ether oxygens (including phenoxy) is 5. The van der Waals surface area contributed by atoms with Gasteiger partial charge in [0.2, 0.25) is 0 Å². The summed E-state index contributed by atoms with van der Waals surface area (Å²) in [5.74, 6) is -1.63. The Hall–Kier alpha value is -3.14. The lowest BCUT2D eigenvalue weighted by atomic mass is 9.97. The Morgan fingerprint density at radius 2 is 1.24 bits per heavy atom. The first-order valence-electron chi connectivity index (χ1n) is 12.2. The fourth-order valence-corrected chi connectivity index (χ4v) is 2.52. The molecule has 0 aliphatic rings. The first kappa shape index (κ1) is 31.9. The molecule has 10 heteroatoms. The number of hydrogen-bond acceptors (Lipinski definition) is 10. The normalized spacial score (nSPS) is 14.3. The molecule has 1 aromatic carbocycles. The Labute approximate surface area is 219 Å². The molecular formula is C27H41NO9. The van der Waals surface area contributed by atoms with Crippen LogP contribution in [0.5, 0.6) is 11.5 Å².